The van der Waals surface area contributed by atoms with E-state index in [1.165, 1.54) is 20.3 Å². The van der Waals surface area contributed by atoms with Crippen LogP contribution in [-0.4, -0.2) is 43.5 Å². The molecule has 3 aromatic rings. The van der Waals surface area contributed by atoms with Gasteiger partial charge in [-0.2, -0.15) is 0 Å². The smallest absolute Gasteiger partial charge is 0.329 e. The Bertz CT molecular complexity index is 1370. The van der Waals surface area contributed by atoms with Crippen molar-refractivity contribution in [2.75, 3.05) is 26.1 Å². The zero-order valence-electron chi connectivity index (χ0n) is 20.1. The number of amides is 4. The van der Waals surface area contributed by atoms with Gasteiger partial charge in [-0.15, -0.1) is 0 Å². The Kier molecular flexibility index (Phi) is 7.95. The lowest BCUT2D eigenvalue weighted by Crippen LogP contribution is -2.38. The summed E-state index contributed by atoms with van der Waals surface area (Å²) in [6, 6.07) is 18.6. The highest BCUT2D eigenvalue weighted by Gasteiger charge is 2.35. The third-order valence-electron chi connectivity index (χ3n) is 5.48. The van der Waals surface area contributed by atoms with Gasteiger partial charge in [0.15, 0.2) is 11.5 Å². The van der Waals surface area contributed by atoms with Gasteiger partial charge in [-0.1, -0.05) is 48.0 Å². The fraction of sp³-hybridized carbons (Fsp3) is 0.148. The number of carbonyl (C=O) groups is 3. The summed E-state index contributed by atoms with van der Waals surface area (Å²) in [6.07, 6.45) is 1.50. The summed E-state index contributed by atoms with van der Waals surface area (Å²) in [4.78, 5) is 38.6. The number of halogens is 1. The van der Waals surface area contributed by atoms with Crippen LogP contribution in [0, 0.1) is 0 Å². The molecule has 2 N–H and O–H groups in total. The quantitative estimate of drug-likeness (QED) is 0.318. The topological polar surface area (TPSA) is 106 Å². The number of ether oxygens (including phenoxy) is 3. The summed E-state index contributed by atoms with van der Waals surface area (Å²) in [5.74, 6) is 0.211. The minimum Gasteiger partial charge on any atom is -0.495 e. The molecule has 0 atom stereocenters. The molecule has 1 fully saturated rings. The average Bonchev–Trinajstić information content (AvgIpc) is 3.16. The Labute approximate surface area is 218 Å². The van der Waals surface area contributed by atoms with E-state index in [1.54, 1.807) is 48.5 Å². The summed E-state index contributed by atoms with van der Waals surface area (Å²) < 4.78 is 16.5. The highest BCUT2D eigenvalue weighted by Crippen LogP contribution is 2.31. The summed E-state index contributed by atoms with van der Waals surface area (Å²) in [5.41, 5.74) is 1.88. The number of rotatable bonds is 9. The molecule has 1 aliphatic rings. The molecule has 4 rings (SSSR count). The number of methoxy groups -OCH3 is 2. The molecular formula is C27H24ClN3O6. The largest absolute Gasteiger partial charge is 0.495 e. The number of hydrogen-bond acceptors (Lipinski definition) is 6. The molecule has 0 saturated carbocycles. The molecule has 0 radical (unpaired) electrons. The van der Waals surface area contributed by atoms with Crippen molar-refractivity contribution >= 4 is 41.2 Å². The predicted molar refractivity (Wildman–Crippen MR) is 139 cm³/mol. The lowest BCUT2D eigenvalue weighted by atomic mass is 10.1. The maximum atomic E-state index is 12.8. The molecule has 0 bridgehead atoms. The van der Waals surface area contributed by atoms with Gasteiger partial charge in [0.2, 0.25) is 5.91 Å². The molecule has 10 heteroatoms. The van der Waals surface area contributed by atoms with Crippen LogP contribution >= 0.6 is 11.6 Å². The SMILES string of the molecule is COc1ccccc1NC(=O)CN1C(=O)N/C(=C/c2ccc(OCc3ccccc3Cl)c(OC)c2)C1=O. The summed E-state index contributed by atoms with van der Waals surface area (Å²) in [7, 11) is 2.98. The number of anilines is 1. The van der Waals surface area contributed by atoms with Crippen molar-refractivity contribution in [1.82, 2.24) is 10.2 Å². The van der Waals surface area contributed by atoms with E-state index in [2.05, 4.69) is 10.6 Å². The van der Waals surface area contributed by atoms with Crippen molar-refractivity contribution in [3.8, 4) is 17.2 Å². The second-order valence-electron chi connectivity index (χ2n) is 7.92. The van der Waals surface area contributed by atoms with Crippen molar-refractivity contribution in [3.05, 3.63) is 88.6 Å². The molecule has 3 aromatic carbocycles. The van der Waals surface area contributed by atoms with E-state index in [1.807, 2.05) is 18.2 Å². The van der Waals surface area contributed by atoms with Gasteiger partial charge in [0.25, 0.3) is 5.91 Å². The number of carbonyl (C=O) groups excluding carboxylic acids is 3. The van der Waals surface area contributed by atoms with Crippen LogP contribution in [-0.2, 0) is 16.2 Å². The van der Waals surface area contributed by atoms with Crippen molar-refractivity contribution in [2.45, 2.75) is 6.61 Å². The van der Waals surface area contributed by atoms with Crippen LogP contribution in [0.2, 0.25) is 5.02 Å². The first-order valence-corrected chi connectivity index (χ1v) is 11.6. The Hall–Kier alpha value is -4.50. The average molecular weight is 522 g/mol. The summed E-state index contributed by atoms with van der Waals surface area (Å²) in [6.45, 7) is -0.213. The van der Waals surface area contributed by atoms with E-state index in [0.29, 0.717) is 33.5 Å². The first kappa shape index (κ1) is 25.6. The molecule has 9 nitrogen and oxygen atoms in total. The standard InChI is InChI=1S/C27H24ClN3O6/c1-35-22-10-6-5-9-20(22)29-25(32)15-31-26(33)21(30-27(31)34)13-17-11-12-23(24(14-17)36-2)37-16-18-7-3-4-8-19(18)28/h3-14H,15-16H2,1-2H3,(H,29,32)(H,30,34)/b21-13+. The highest BCUT2D eigenvalue weighted by atomic mass is 35.5. The maximum absolute atomic E-state index is 12.8. The van der Waals surface area contributed by atoms with Gasteiger partial charge in [-0.25, -0.2) is 9.69 Å². The lowest BCUT2D eigenvalue weighted by molar-refractivity contribution is -0.127. The van der Waals surface area contributed by atoms with Crippen LogP contribution in [0.25, 0.3) is 6.08 Å². The highest BCUT2D eigenvalue weighted by molar-refractivity contribution is 6.31. The van der Waals surface area contributed by atoms with E-state index >= 15 is 0 Å². The number of nitrogens with zero attached hydrogens (tertiary/aromatic N) is 1. The van der Waals surface area contributed by atoms with Crippen molar-refractivity contribution in [3.63, 3.8) is 0 Å². The Balaban J connectivity index is 1.44. The first-order chi connectivity index (χ1) is 17.9. The number of para-hydroxylation sites is 2. The third-order valence-corrected chi connectivity index (χ3v) is 5.85. The minimum atomic E-state index is -0.696. The van der Waals surface area contributed by atoms with Crippen LogP contribution in [0.4, 0.5) is 10.5 Å². The van der Waals surface area contributed by atoms with Gasteiger partial charge in [0.1, 0.15) is 24.6 Å². The monoisotopic (exact) mass is 521 g/mol. The number of nitrogens with one attached hydrogen (secondary N) is 2. The van der Waals surface area contributed by atoms with Gasteiger partial charge >= 0.3 is 6.03 Å². The van der Waals surface area contributed by atoms with Gasteiger partial charge < -0.3 is 24.8 Å². The van der Waals surface area contributed by atoms with Crippen molar-refractivity contribution in [2.24, 2.45) is 0 Å². The third kappa shape index (κ3) is 6.02. The van der Waals surface area contributed by atoms with Crippen LogP contribution in [0.1, 0.15) is 11.1 Å². The molecule has 190 valence electrons. The normalized spacial score (nSPS) is 13.9. The summed E-state index contributed by atoms with van der Waals surface area (Å²) >= 11 is 6.19. The summed E-state index contributed by atoms with van der Waals surface area (Å²) in [5, 5.41) is 5.75. The van der Waals surface area contributed by atoms with Gasteiger partial charge in [-0.05, 0) is 42.0 Å². The second-order valence-corrected chi connectivity index (χ2v) is 8.33. The van der Waals surface area contributed by atoms with E-state index in [4.69, 9.17) is 25.8 Å². The van der Waals surface area contributed by atoms with Crippen LogP contribution in [0.3, 0.4) is 0 Å². The van der Waals surface area contributed by atoms with E-state index in [9.17, 15) is 14.4 Å². The molecule has 4 amide bonds. The first-order valence-electron chi connectivity index (χ1n) is 11.2. The Morgan fingerprint density at radius 1 is 0.973 bits per heavy atom. The molecule has 0 aliphatic carbocycles. The van der Waals surface area contributed by atoms with Crippen molar-refractivity contribution in [1.29, 1.82) is 0 Å². The molecule has 1 aliphatic heterocycles. The van der Waals surface area contributed by atoms with Crippen LogP contribution in [0.5, 0.6) is 17.2 Å². The zero-order valence-corrected chi connectivity index (χ0v) is 20.9. The molecule has 1 heterocycles. The van der Waals surface area contributed by atoms with Gasteiger partial charge in [0.05, 0.1) is 19.9 Å². The van der Waals surface area contributed by atoms with E-state index in [0.717, 1.165) is 10.5 Å². The molecule has 0 spiro atoms. The lowest BCUT2D eigenvalue weighted by Gasteiger charge is -2.13. The number of hydrogen-bond donors (Lipinski definition) is 2. The fourth-order valence-electron chi connectivity index (χ4n) is 3.63. The van der Waals surface area contributed by atoms with Gasteiger partial charge in [-0.3, -0.25) is 9.59 Å². The zero-order chi connectivity index (χ0) is 26.4. The van der Waals surface area contributed by atoms with Crippen LogP contribution < -0.4 is 24.8 Å². The van der Waals surface area contributed by atoms with Gasteiger partial charge in [0, 0.05) is 10.6 Å². The van der Waals surface area contributed by atoms with Crippen LogP contribution in [0.15, 0.2) is 72.4 Å². The molecule has 0 unspecified atom stereocenters. The Morgan fingerprint density at radius 2 is 1.70 bits per heavy atom. The second kappa shape index (κ2) is 11.5. The molecule has 0 aromatic heterocycles. The number of imide groups is 1. The molecular weight excluding hydrogens is 498 g/mol. The predicted octanol–water partition coefficient (Wildman–Crippen LogP) is 4.47. The molecule has 1 saturated heterocycles. The minimum absolute atomic E-state index is 0.0295. The molecule has 37 heavy (non-hydrogen) atoms. The maximum Gasteiger partial charge on any atom is 0.329 e. The number of benzene rings is 3. The number of urea groups is 1. The Morgan fingerprint density at radius 3 is 2.46 bits per heavy atom. The van der Waals surface area contributed by atoms with E-state index in [-0.39, 0.29) is 12.3 Å². The van der Waals surface area contributed by atoms with E-state index < -0.39 is 24.4 Å². The fourth-order valence-corrected chi connectivity index (χ4v) is 3.82. The van der Waals surface area contributed by atoms with Crippen molar-refractivity contribution < 1.29 is 28.6 Å².